The summed E-state index contributed by atoms with van der Waals surface area (Å²) < 4.78 is 5.03. The number of hydrogen-bond acceptors (Lipinski definition) is 7. The van der Waals surface area contributed by atoms with Crippen LogP contribution in [0.2, 0.25) is 0 Å². The van der Waals surface area contributed by atoms with Crippen LogP contribution in [0.5, 0.6) is 0 Å². The van der Waals surface area contributed by atoms with E-state index in [1.165, 1.54) is 13.4 Å². The number of aromatic nitrogens is 2. The topological polar surface area (TPSA) is 84.4 Å². The highest BCUT2D eigenvalue weighted by Gasteiger charge is 2.28. The quantitative estimate of drug-likeness (QED) is 0.449. The summed E-state index contributed by atoms with van der Waals surface area (Å²) in [6, 6.07) is 8.74. The standard InChI is InChI=1S/C24H26N4O3S/c1-15(2)9-10-19(29)28-12-11-17-18(13-28)32-23-20(17)22(25-14-26-23)27-21(24(30)31-3)16-7-5-4-6-8-16/h4-10,14-15,21H,11-13H2,1-3H3,(H,25,26,27). The minimum Gasteiger partial charge on any atom is -0.467 e. The van der Waals surface area contributed by atoms with Crippen LogP contribution in [0.4, 0.5) is 5.82 Å². The van der Waals surface area contributed by atoms with Crippen molar-refractivity contribution in [3.8, 4) is 0 Å². The van der Waals surface area contributed by atoms with E-state index in [9.17, 15) is 9.59 Å². The average molecular weight is 451 g/mol. The van der Waals surface area contributed by atoms with Gasteiger partial charge in [-0.1, -0.05) is 50.3 Å². The minimum atomic E-state index is -0.683. The Bertz CT molecular complexity index is 1160. The molecule has 32 heavy (non-hydrogen) atoms. The summed E-state index contributed by atoms with van der Waals surface area (Å²) in [7, 11) is 1.38. The average Bonchev–Trinajstić information content (AvgIpc) is 3.19. The molecule has 8 heteroatoms. The number of allylic oxidation sites excluding steroid dienone is 1. The zero-order valence-electron chi connectivity index (χ0n) is 18.4. The van der Waals surface area contributed by atoms with Crippen LogP contribution < -0.4 is 5.32 Å². The zero-order chi connectivity index (χ0) is 22.7. The number of fused-ring (bicyclic) bond motifs is 3. The Labute approximate surface area is 191 Å². The van der Waals surface area contributed by atoms with Crippen LogP contribution in [0.3, 0.4) is 0 Å². The number of anilines is 1. The Balaban J connectivity index is 1.65. The SMILES string of the molecule is COC(=O)C(Nc1ncnc2sc3c(c12)CCN(C(=O)C=CC(C)C)C3)c1ccccc1. The lowest BCUT2D eigenvalue weighted by molar-refractivity contribution is -0.141. The highest BCUT2D eigenvalue weighted by molar-refractivity contribution is 7.19. The van der Waals surface area contributed by atoms with Crippen LogP contribution in [0.25, 0.3) is 10.2 Å². The number of rotatable bonds is 6. The first-order chi connectivity index (χ1) is 15.5. The highest BCUT2D eigenvalue weighted by atomic mass is 32.1. The van der Waals surface area contributed by atoms with Crippen molar-refractivity contribution < 1.29 is 14.3 Å². The van der Waals surface area contributed by atoms with Crippen LogP contribution in [-0.2, 0) is 27.3 Å². The predicted molar refractivity (Wildman–Crippen MR) is 125 cm³/mol. The maximum atomic E-state index is 12.6. The molecule has 166 valence electrons. The van der Waals surface area contributed by atoms with Gasteiger partial charge in [-0.25, -0.2) is 14.8 Å². The van der Waals surface area contributed by atoms with Crippen LogP contribution in [0.1, 0.15) is 35.9 Å². The molecule has 1 aromatic carbocycles. The van der Waals surface area contributed by atoms with Gasteiger partial charge in [-0.2, -0.15) is 0 Å². The largest absolute Gasteiger partial charge is 0.467 e. The Kier molecular flexibility index (Phi) is 6.50. The van der Waals surface area contributed by atoms with Gasteiger partial charge in [0.2, 0.25) is 5.91 Å². The number of nitrogens with one attached hydrogen (secondary N) is 1. The summed E-state index contributed by atoms with van der Waals surface area (Å²) in [6.07, 6.45) is 5.80. The lowest BCUT2D eigenvalue weighted by atomic mass is 10.0. The molecule has 0 spiro atoms. The molecule has 0 fully saturated rings. The maximum Gasteiger partial charge on any atom is 0.333 e. The molecule has 2 aromatic heterocycles. The molecule has 0 aliphatic carbocycles. The summed E-state index contributed by atoms with van der Waals surface area (Å²) in [5, 5.41) is 4.20. The van der Waals surface area contributed by atoms with E-state index in [0.717, 1.165) is 26.2 Å². The second-order valence-corrected chi connectivity index (χ2v) is 9.11. The summed E-state index contributed by atoms with van der Waals surface area (Å²) >= 11 is 1.57. The van der Waals surface area contributed by atoms with Gasteiger partial charge in [-0.3, -0.25) is 4.79 Å². The molecule has 1 unspecified atom stereocenters. The fourth-order valence-electron chi connectivity index (χ4n) is 3.78. The lowest BCUT2D eigenvalue weighted by Gasteiger charge is -2.26. The van der Waals surface area contributed by atoms with Crippen LogP contribution in [0, 0.1) is 5.92 Å². The molecular weight excluding hydrogens is 424 g/mol. The molecule has 1 N–H and O–H groups in total. The number of hydrogen-bond donors (Lipinski definition) is 1. The molecule has 1 atom stereocenters. The minimum absolute atomic E-state index is 0.0288. The number of ether oxygens (including phenoxy) is 1. The molecule has 4 rings (SSSR count). The molecule has 1 aliphatic rings. The number of methoxy groups -OCH3 is 1. The van der Waals surface area contributed by atoms with Gasteiger partial charge in [0.1, 0.15) is 17.0 Å². The van der Waals surface area contributed by atoms with Gasteiger partial charge in [-0.15, -0.1) is 11.3 Å². The van der Waals surface area contributed by atoms with Crippen molar-refractivity contribution in [3.63, 3.8) is 0 Å². The lowest BCUT2D eigenvalue weighted by Crippen LogP contribution is -2.34. The molecule has 3 aromatic rings. The van der Waals surface area contributed by atoms with Crippen LogP contribution in [0.15, 0.2) is 48.8 Å². The van der Waals surface area contributed by atoms with Crippen LogP contribution in [-0.4, -0.2) is 40.4 Å². The van der Waals surface area contributed by atoms with Gasteiger partial charge < -0.3 is 15.0 Å². The highest BCUT2D eigenvalue weighted by Crippen LogP contribution is 2.38. The van der Waals surface area contributed by atoms with Crippen LogP contribution >= 0.6 is 11.3 Å². The van der Waals surface area contributed by atoms with Crippen molar-refractivity contribution in [2.75, 3.05) is 19.0 Å². The second-order valence-electron chi connectivity index (χ2n) is 8.03. The number of nitrogens with zero attached hydrogens (tertiary/aromatic N) is 3. The normalized spacial score (nSPS) is 14.6. The Morgan fingerprint density at radius 2 is 2.00 bits per heavy atom. The van der Waals surface area contributed by atoms with Crippen molar-refractivity contribution in [2.24, 2.45) is 5.92 Å². The molecule has 7 nitrogen and oxygen atoms in total. The molecule has 0 radical (unpaired) electrons. The zero-order valence-corrected chi connectivity index (χ0v) is 19.2. The van der Waals surface area contributed by atoms with Crippen molar-refractivity contribution in [2.45, 2.75) is 32.9 Å². The number of carbonyl (C=O) groups is 2. The smallest absolute Gasteiger partial charge is 0.333 e. The number of benzene rings is 1. The third kappa shape index (κ3) is 4.50. The van der Waals surface area contributed by atoms with Gasteiger partial charge in [0.25, 0.3) is 0 Å². The summed E-state index contributed by atoms with van der Waals surface area (Å²) in [5.74, 6) is 0.577. The molecule has 0 saturated carbocycles. The summed E-state index contributed by atoms with van der Waals surface area (Å²) in [4.78, 5) is 37.8. The first kappa shape index (κ1) is 22.0. The van der Waals surface area contributed by atoms with Gasteiger partial charge >= 0.3 is 5.97 Å². The fourth-order valence-corrected chi connectivity index (χ4v) is 4.99. The predicted octanol–water partition coefficient (Wildman–Crippen LogP) is 4.11. The molecule has 1 aliphatic heterocycles. The van der Waals surface area contributed by atoms with Gasteiger partial charge in [0.05, 0.1) is 19.0 Å². The monoisotopic (exact) mass is 450 g/mol. The Morgan fingerprint density at radius 3 is 2.72 bits per heavy atom. The van der Waals surface area contributed by atoms with Crippen molar-refractivity contribution in [1.29, 1.82) is 0 Å². The Hall–Kier alpha value is -3.26. The number of carbonyl (C=O) groups excluding carboxylic acids is 2. The van der Waals surface area contributed by atoms with E-state index < -0.39 is 6.04 Å². The third-order valence-corrected chi connectivity index (χ3v) is 6.55. The summed E-state index contributed by atoms with van der Waals surface area (Å²) in [5.41, 5.74) is 1.94. The van der Waals surface area contributed by atoms with Gasteiger partial charge in [-0.05, 0) is 29.5 Å². The molecular formula is C24H26N4O3S. The number of esters is 1. The van der Waals surface area contributed by atoms with Gasteiger partial charge in [0, 0.05) is 11.4 Å². The number of amides is 1. The first-order valence-corrected chi connectivity index (χ1v) is 11.4. The first-order valence-electron chi connectivity index (χ1n) is 10.6. The van der Waals surface area contributed by atoms with E-state index in [-0.39, 0.29) is 11.9 Å². The Morgan fingerprint density at radius 1 is 1.22 bits per heavy atom. The van der Waals surface area contributed by atoms with Crippen molar-refractivity contribution in [1.82, 2.24) is 14.9 Å². The van der Waals surface area contributed by atoms with E-state index in [1.54, 1.807) is 17.4 Å². The summed E-state index contributed by atoms with van der Waals surface area (Å²) in [6.45, 7) is 5.28. The second kappa shape index (κ2) is 9.48. The molecule has 0 saturated heterocycles. The maximum absolute atomic E-state index is 12.6. The fraction of sp³-hybridized carbons (Fsp3) is 0.333. The van der Waals surface area contributed by atoms with E-state index in [4.69, 9.17) is 4.74 Å². The van der Waals surface area contributed by atoms with Crippen molar-refractivity contribution >= 4 is 39.2 Å². The number of thiophene rings is 1. The third-order valence-electron chi connectivity index (χ3n) is 5.42. The van der Waals surface area contributed by atoms with E-state index in [1.807, 2.05) is 55.2 Å². The molecule has 1 amide bonds. The van der Waals surface area contributed by atoms with Crippen molar-refractivity contribution in [3.05, 3.63) is 64.8 Å². The molecule has 0 bridgehead atoms. The van der Waals surface area contributed by atoms with E-state index in [2.05, 4.69) is 15.3 Å². The van der Waals surface area contributed by atoms with E-state index in [0.29, 0.717) is 31.2 Å². The van der Waals surface area contributed by atoms with E-state index >= 15 is 0 Å². The van der Waals surface area contributed by atoms with Gasteiger partial charge in [0.15, 0.2) is 6.04 Å². The molecule has 3 heterocycles.